The average molecular weight is 344 g/mol. The first kappa shape index (κ1) is 15.9. The molecule has 0 radical (unpaired) electrons. The van der Waals surface area contributed by atoms with Crippen molar-refractivity contribution in [3.63, 3.8) is 0 Å². The van der Waals surface area contributed by atoms with Crippen molar-refractivity contribution in [3.05, 3.63) is 34.1 Å². The molecule has 0 saturated heterocycles. The number of hydrogen-bond acceptors (Lipinski definition) is 2. The summed E-state index contributed by atoms with van der Waals surface area (Å²) >= 11 is 2.89. The van der Waals surface area contributed by atoms with E-state index in [9.17, 15) is 22.4 Å². The fourth-order valence-corrected chi connectivity index (χ4v) is 1.60. The lowest BCUT2D eigenvalue weighted by Gasteiger charge is -2.14. The summed E-state index contributed by atoms with van der Waals surface area (Å²) in [6, 6.07) is 3.48. The van der Waals surface area contributed by atoms with Crippen LogP contribution in [0.5, 0.6) is 0 Å². The van der Waals surface area contributed by atoms with Crippen molar-refractivity contribution in [1.82, 2.24) is 5.32 Å². The van der Waals surface area contributed by atoms with Gasteiger partial charge in [-0.2, -0.15) is 13.2 Å². The number of aliphatic hydroxyl groups is 1. The fraction of sp³-hybridized carbons (Fsp3) is 0.364. The molecule has 8 heteroatoms. The van der Waals surface area contributed by atoms with Crippen LogP contribution < -0.4 is 5.32 Å². The highest BCUT2D eigenvalue weighted by atomic mass is 79.9. The molecule has 2 N–H and O–H groups in total. The van der Waals surface area contributed by atoms with Crippen molar-refractivity contribution in [2.24, 2.45) is 0 Å². The van der Waals surface area contributed by atoms with Crippen molar-refractivity contribution in [3.8, 4) is 0 Å². The highest BCUT2D eigenvalue weighted by Gasteiger charge is 2.37. The molecule has 1 atom stereocenters. The normalized spacial score (nSPS) is 13.2. The average Bonchev–Trinajstić information content (AvgIpc) is 2.31. The van der Waals surface area contributed by atoms with Gasteiger partial charge in [0.1, 0.15) is 5.82 Å². The second kappa shape index (κ2) is 6.33. The number of carbonyl (C=O) groups excluding carboxylic acids is 1. The Bertz CT molecular complexity index is 464. The predicted molar refractivity (Wildman–Crippen MR) is 63.1 cm³/mol. The van der Waals surface area contributed by atoms with E-state index in [1.165, 1.54) is 12.1 Å². The minimum atomic E-state index is -4.70. The Kier molecular flexibility index (Phi) is 5.30. The van der Waals surface area contributed by atoms with Gasteiger partial charge in [0.25, 0.3) is 5.91 Å². The Morgan fingerprint density at radius 2 is 2.05 bits per heavy atom. The summed E-state index contributed by atoms with van der Waals surface area (Å²) in [6.45, 7) is -0.339. The predicted octanol–water partition coefficient (Wildman–Crippen LogP) is 2.63. The molecule has 1 aromatic rings. The molecule has 0 unspecified atom stereocenters. The van der Waals surface area contributed by atoms with Gasteiger partial charge < -0.3 is 10.4 Å². The van der Waals surface area contributed by atoms with E-state index in [0.717, 1.165) is 6.07 Å². The molecule has 3 nitrogen and oxygen atoms in total. The van der Waals surface area contributed by atoms with Crippen LogP contribution in [0.3, 0.4) is 0 Å². The maximum atomic E-state index is 12.9. The first-order chi connectivity index (χ1) is 8.71. The smallest absolute Gasteiger partial charge is 0.384 e. The van der Waals surface area contributed by atoms with E-state index >= 15 is 0 Å². The van der Waals surface area contributed by atoms with Crippen molar-refractivity contribution < 1.29 is 27.5 Å². The third kappa shape index (κ3) is 4.79. The number of alkyl halides is 3. The molecule has 0 fully saturated rings. The third-order valence-electron chi connectivity index (χ3n) is 2.26. The number of halogens is 5. The molecule has 1 aromatic carbocycles. The van der Waals surface area contributed by atoms with E-state index < -0.39 is 30.4 Å². The molecule has 0 bridgehead atoms. The zero-order valence-corrected chi connectivity index (χ0v) is 11.1. The van der Waals surface area contributed by atoms with Crippen molar-refractivity contribution in [2.75, 3.05) is 6.54 Å². The molecule has 0 aliphatic rings. The van der Waals surface area contributed by atoms with Crippen LogP contribution in [-0.4, -0.2) is 29.8 Å². The summed E-state index contributed by atoms with van der Waals surface area (Å²) in [4.78, 5) is 11.5. The van der Waals surface area contributed by atoms with Crippen LogP contribution in [0.2, 0.25) is 0 Å². The molecular weight excluding hydrogens is 334 g/mol. The van der Waals surface area contributed by atoms with Gasteiger partial charge in [0.2, 0.25) is 0 Å². The molecule has 19 heavy (non-hydrogen) atoms. The number of carbonyl (C=O) groups is 1. The van der Waals surface area contributed by atoms with Crippen LogP contribution in [0.15, 0.2) is 22.7 Å². The maximum Gasteiger partial charge on any atom is 0.414 e. The maximum absolute atomic E-state index is 12.9. The summed E-state index contributed by atoms with van der Waals surface area (Å²) in [5.74, 6) is -1.20. The van der Waals surface area contributed by atoms with E-state index in [1.807, 2.05) is 0 Å². The number of hydrogen-bond donors (Lipinski definition) is 2. The summed E-state index contributed by atoms with van der Waals surface area (Å²) in [7, 11) is 0. The van der Waals surface area contributed by atoms with E-state index in [1.54, 1.807) is 0 Å². The molecule has 0 aromatic heterocycles. The van der Waals surface area contributed by atoms with Crippen LogP contribution >= 0.6 is 15.9 Å². The Balaban J connectivity index is 2.50. The fourth-order valence-electron chi connectivity index (χ4n) is 1.23. The first-order valence-electron chi connectivity index (χ1n) is 5.20. The number of rotatable bonds is 4. The Morgan fingerprint density at radius 3 is 2.58 bits per heavy atom. The molecule has 0 aliphatic heterocycles. The molecule has 1 amide bonds. The molecule has 0 saturated carbocycles. The lowest BCUT2D eigenvalue weighted by Crippen LogP contribution is -2.34. The van der Waals surface area contributed by atoms with Crippen LogP contribution in [0.25, 0.3) is 0 Å². The monoisotopic (exact) mass is 343 g/mol. The van der Waals surface area contributed by atoms with Crippen LogP contribution in [0, 0.1) is 5.82 Å². The minimum absolute atomic E-state index is 0.0791. The zero-order chi connectivity index (χ0) is 14.6. The lowest BCUT2D eigenvalue weighted by atomic mass is 10.2. The quantitative estimate of drug-likeness (QED) is 0.825. The van der Waals surface area contributed by atoms with E-state index in [4.69, 9.17) is 5.11 Å². The van der Waals surface area contributed by atoms with Crippen LogP contribution in [-0.2, 0) is 0 Å². The van der Waals surface area contributed by atoms with Gasteiger partial charge in [-0.3, -0.25) is 4.79 Å². The molecule has 106 valence electrons. The number of amides is 1. The van der Waals surface area contributed by atoms with Gasteiger partial charge in [-0.15, -0.1) is 0 Å². The highest BCUT2D eigenvalue weighted by Crippen LogP contribution is 2.21. The molecular formula is C11H10BrF4NO2. The highest BCUT2D eigenvalue weighted by molar-refractivity contribution is 9.10. The van der Waals surface area contributed by atoms with Gasteiger partial charge in [0, 0.05) is 12.1 Å². The van der Waals surface area contributed by atoms with Crippen molar-refractivity contribution in [2.45, 2.75) is 18.7 Å². The van der Waals surface area contributed by atoms with Gasteiger partial charge in [-0.05, 0) is 40.5 Å². The van der Waals surface area contributed by atoms with Crippen molar-refractivity contribution >= 4 is 21.8 Å². The van der Waals surface area contributed by atoms with Gasteiger partial charge >= 0.3 is 6.18 Å². The SMILES string of the molecule is O=C(NCC[C@H](O)C(F)(F)F)c1ccc(F)c(Br)c1. The third-order valence-corrected chi connectivity index (χ3v) is 2.87. The minimum Gasteiger partial charge on any atom is -0.384 e. The Hall–Kier alpha value is -1.15. The first-order valence-corrected chi connectivity index (χ1v) is 5.99. The summed E-state index contributed by atoms with van der Waals surface area (Å²) in [6.07, 6.45) is -7.82. The van der Waals surface area contributed by atoms with Gasteiger partial charge in [-0.1, -0.05) is 0 Å². The van der Waals surface area contributed by atoms with Gasteiger partial charge in [0.05, 0.1) is 4.47 Å². The summed E-state index contributed by atoms with van der Waals surface area (Å²) in [5.41, 5.74) is 0.106. The van der Waals surface area contributed by atoms with E-state index in [-0.39, 0.29) is 16.6 Å². The lowest BCUT2D eigenvalue weighted by molar-refractivity contribution is -0.204. The van der Waals surface area contributed by atoms with E-state index in [0.29, 0.717) is 0 Å². The molecule has 0 spiro atoms. The second-order valence-corrected chi connectivity index (χ2v) is 4.59. The summed E-state index contributed by atoms with van der Waals surface area (Å²) in [5, 5.41) is 10.9. The standard InChI is InChI=1S/C11H10BrF4NO2/c12-7-5-6(1-2-8(7)13)10(19)17-4-3-9(18)11(14,15)16/h1-2,5,9,18H,3-4H2,(H,17,19)/t9-/m0/s1. The zero-order valence-electron chi connectivity index (χ0n) is 9.47. The van der Waals surface area contributed by atoms with E-state index in [2.05, 4.69) is 21.2 Å². The van der Waals surface area contributed by atoms with Crippen LogP contribution in [0.4, 0.5) is 17.6 Å². The number of aliphatic hydroxyl groups excluding tert-OH is 1. The van der Waals surface area contributed by atoms with Gasteiger partial charge in [0.15, 0.2) is 6.10 Å². The topological polar surface area (TPSA) is 49.3 Å². The number of nitrogens with one attached hydrogen (secondary N) is 1. The molecule has 0 heterocycles. The van der Waals surface area contributed by atoms with Crippen molar-refractivity contribution in [1.29, 1.82) is 0 Å². The van der Waals surface area contributed by atoms with Gasteiger partial charge in [-0.25, -0.2) is 4.39 Å². The number of benzene rings is 1. The Labute approximate surface area is 114 Å². The second-order valence-electron chi connectivity index (χ2n) is 3.73. The summed E-state index contributed by atoms with van der Waals surface area (Å²) < 4.78 is 48.9. The Morgan fingerprint density at radius 1 is 1.42 bits per heavy atom. The van der Waals surface area contributed by atoms with Crippen LogP contribution in [0.1, 0.15) is 16.8 Å². The largest absolute Gasteiger partial charge is 0.414 e. The molecule has 0 aliphatic carbocycles. The molecule has 1 rings (SSSR count).